The van der Waals surface area contributed by atoms with Crippen molar-refractivity contribution in [3.8, 4) is 0 Å². The Morgan fingerprint density at radius 2 is 1.86 bits per heavy atom. The number of aliphatic hydroxyl groups is 1. The van der Waals surface area contributed by atoms with E-state index in [0.29, 0.717) is 25.3 Å². The number of piperazine rings is 1. The van der Waals surface area contributed by atoms with Gasteiger partial charge in [0.2, 0.25) is 5.91 Å². The Morgan fingerprint density at radius 1 is 1.09 bits per heavy atom. The van der Waals surface area contributed by atoms with E-state index in [4.69, 9.17) is 0 Å². The molecule has 2 atom stereocenters. The van der Waals surface area contributed by atoms with Gasteiger partial charge in [0.25, 0.3) is 5.91 Å². The molecule has 8 nitrogen and oxygen atoms in total. The molecule has 2 fully saturated rings. The maximum absolute atomic E-state index is 14.0. The third kappa shape index (κ3) is 4.53. The van der Waals surface area contributed by atoms with Crippen LogP contribution in [-0.2, 0) is 24.2 Å². The third-order valence-electron chi connectivity index (χ3n) is 7.84. The van der Waals surface area contributed by atoms with Crippen molar-refractivity contribution in [1.29, 1.82) is 0 Å². The fraction of sp³-hybridized carbons (Fsp3) is 0.577. The number of carbonyl (C=O) groups is 2. The van der Waals surface area contributed by atoms with Gasteiger partial charge in [-0.15, -0.1) is 0 Å². The molecule has 2 aliphatic heterocycles. The van der Waals surface area contributed by atoms with Crippen LogP contribution in [0.5, 0.6) is 0 Å². The fourth-order valence-corrected chi connectivity index (χ4v) is 5.54. The van der Waals surface area contributed by atoms with E-state index in [0.717, 1.165) is 43.6 Å². The van der Waals surface area contributed by atoms with Gasteiger partial charge in [0.1, 0.15) is 12.7 Å². The lowest BCUT2D eigenvalue weighted by atomic mass is 10.1. The number of halogens is 1. The van der Waals surface area contributed by atoms with E-state index in [9.17, 15) is 19.1 Å². The number of aryl methyl sites for hydroxylation is 1. The van der Waals surface area contributed by atoms with Gasteiger partial charge in [-0.1, -0.05) is 12.1 Å². The molecule has 1 aromatic carbocycles. The number of benzene rings is 1. The predicted octanol–water partition coefficient (Wildman–Crippen LogP) is 1.88. The summed E-state index contributed by atoms with van der Waals surface area (Å²) in [7, 11) is 0. The molecule has 1 aliphatic carbocycles. The van der Waals surface area contributed by atoms with Crippen molar-refractivity contribution < 1.29 is 19.1 Å². The average molecular weight is 484 g/mol. The third-order valence-corrected chi connectivity index (χ3v) is 7.84. The summed E-state index contributed by atoms with van der Waals surface area (Å²) in [5.74, 6) is -0.294. The minimum absolute atomic E-state index is 0.00623. The first-order valence-electron chi connectivity index (χ1n) is 12.6. The standard InChI is InChI=1S/C26H34FN5O3/c1-17-5-3-7-21(18(17)2)29-11-13-30(14-12-29)24(34)16-32-22-8-4-6-19(22)25(28-32)26(35)31-10-9-23(33)20(27)15-31/h3,5,7,20,23,33H,4,6,8-16H2,1-2H3/t20-,23+/m0/s1. The second kappa shape index (κ2) is 9.60. The van der Waals surface area contributed by atoms with Gasteiger partial charge in [0.05, 0.1) is 12.6 Å². The summed E-state index contributed by atoms with van der Waals surface area (Å²) in [6.07, 6.45) is 0.215. The lowest BCUT2D eigenvalue weighted by Crippen LogP contribution is -2.50. The quantitative estimate of drug-likeness (QED) is 0.718. The number of rotatable bonds is 4. The van der Waals surface area contributed by atoms with E-state index in [2.05, 4.69) is 42.0 Å². The van der Waals surface area contributed by atoms with Gasteiger partial charge in [-0.05, 0) is 56.7 Å². The Kier molecular flexibility index (Phi) is 6.53. The number of anilines is 1. The molecule has 0 radical (unpaired) electrons. The van der Waals surface area contributed by atoms with E-state index in [1.165, 1.54) is 21.7 Å². The molecule has 5 rings (SSSR count). The van der Waals surface area contributed by atoms with Crippen molar-refractivity contribution in [1.82, 2.24) is 19.6 Å². The number of carbonyl (C=O) groups excluding carboxylic acids is 2. The maximum Gasteiger partial charge on any atom is 0.274 e. The number of amides is 2. The molecule has 0 bridgehead atoms. The van der Waals surface area contributed by atoms with Crippen LogP contribution in [0.15, 0.2) is 18.2 Å². The number of aromatic nitrogens is 2. The molecule has 0 spiro atoms. The van der Waals surface area contributed by atoms with Gasteiger partial charge >= 0.3 is 0 Å². The predicted molar refractivity (Wildman–Crippen MR) is 130 cm³/mol. The lowest BCUT2D eigenvalue weighted by molar-refractivity contribution is -0.132. The minimum atomic E-state index is -1.44. The number of likely N-dealkylation sites (tertiary alicyclic amines) is 1. The van der Waals surface area contributed by atoms with Crippen LogP contribution in [0.25, 0.3) is 0 Å². The number of aliphatic hydroxyl groups excluding tert-OH is 1. The van der Waals surface area contributed by atoms with Crippen LogP contribution in [0.2, 0.25) is 0 Å². The zero-order chi connectivity index (χ0) is 24.7. The van der Waals surface area contributed by atoms with Gasteiger partial charge in [-0.25, -0.2) is 4.39 Å². The normalized spacial score (nSPS) is 22.5. The molecular formula is C26H34FN5O3. The van der Waals surface area contributed by atoms with E-state index in [1.54, 1.807) is 4.68 Å². The van der Waals surface area contributed by atoms with E-state index >= 15 is 0 Å². The number of hydrogen-bond donors (Lipinski definition) is 1. The van der Waals surface area contributed by atoms with Crippen LogP contribution in [0.3, 0.4) is 0 Å². The highest BCUT2D eigenvalue weighted by atomic mass is 19.1. The summed E-state index contributed by atoms with van der Waals surface area (Å²) in [5.41, 5.74) is 5.95. The summed E-state index contributed by atoms with van der Waals surface area (Å²) < 4.78 is 15.7. The highest BCUT2D eigenvalue weighted by Crippen LogP contribution is 2.28. The summed E-state index contributed by atoms with van der Waals surface area (Å²) in [6, 6.07) is 6.33. The minimum Gasteiger partial charge on any atom is -0.390 e. The van der Waals surface area contributed by atoms with Crippen molar-refractivity contribution in [3.05, 3.63) is 46.3 Å². The van der Waals surface area contributed by atoms with Gasteiger partial charge in [0.15, 0.2) is 5.69 Å². The van der Waals surface area contributed by atoms with Crippen LogP contribution >= 0.6 is 0 Å². The van der Waals surface area contributed by atoms with Gasteiger partial charge in [-0.3, -0.25) is 14.3 Å². The largest absolute Gasteiger partial charge is 0.390 e. The lowest BCUT2D eigenvalue weighted by Gasteiger charge is -2.37. The smallest absolute Gasteiger partial charge is 0.274 e. The summed E-state index contributed by atoms with van der Waals surface area (Å²) in [6.45, 7) is 7.42. The number of alkyl halides is 1. The Bertz CT molecular complexity index is 1120. The van der Waals surface area contributed by atoms with Crippen molar-refractivity contribution in [2.75, 3.05) is 44.2 Å². The van der Waals surface area contributed by atoms with Gasteiger partial charge in [0, 0.05) is 49.7 Å². The van der Waals surface area contributed by atoms with E-state index in [-0.39, 0.29) is 31.3 Å². The maximum atomic E-state index is 14.0. The summed E-state index contributed by atoms with van der Waals surface area (Å²) >= 11 is 0. The molecule has 35 heavy (non-hydrogen) atoms. The van der Waals surface area contributed by atoms with E-state index in [1.807, 2.05) is 4.90 Å². The van der Waals surface area contributed by atoms with Crippen LogP contribution in [0.1, 0.15) is 45.7 Å². The van der Waals surface area contributed by atoms with Crippen molar-refractivity contribution in [3.63, 3.8) is 0 Å². The number of hydrogen-bond acceptors (Lipinski definition) is 5. The van der Waals surface area contributed by atoms with Gasteiger partial charge in [-0.2, -0.15) is 5.10 Å². The Morgan fingerprint density at radius 3 is 2.60 bits per heavy atom. The zero-order valence-corrected chi connectivity index (χ0v) is 20.5. The number of fused-ring (bicyclic) bond motifs is 1. The molecular weight excluding hydrogens is 449 g/mol. The molecule has 1 N–H and O–H groups in total. The Balaban J connectivity index is 1.25. The second-order valence-corrected chi connectivity index (χ2v) is 10.00. The molecule has 1 aromatic heterocycles. The van der Waals surface area contributed by atoms with Gasteiger partial charge < -0.3 is 19.8 Å². The molecule has 2 saturated heterocycles. The summed E-state index contributed by atoms with van der Waals surface area (Å²) in [4.78, 5) is 32.0. The fourth-order valence-electron chi connectivity index (χ4n) is 5.54. The highest BCUT2D eigenvalue weighted by molar-refractivity contribution is 5.94. The molecule has 188 valence electrons. The first-order valence-corrected chi connectivity index (χ1v) is 12.6. The van der Waals surface area contributed by atoms with Crippen LogP contribution in [0.4, 0.5) is 10.1 Å². The zero-order valence-electron chi connectivity index (χ0n) is 20.5. The first kappa shape index (κ1) is 23.8. The number of piperidine rings is 1. The SMILES string of the molecule is Cc1cccc(N2CCN(C(=O)Cn3nc(C(=O)N4CC[C@@H](O)[C@@H](F)C4)c4c3CCC4)CC2)c1C. The van der Waals surface area contributed by atoms with Crippen LogP contribution < -0.4 is 4.90 Å². The molecule has 9 heteroatoms. The van der Waals surface area contributed by atoms with Crippen LogP contribution in [-0.4, -0.2) is 88.0 Å². The second-order valence-electron chi connectivity index (χ2n) is 10.00. The molecule has 3 aliphatic rings. The average Bonchev–Trinajstić information content (AvgIpc) is 3.46. The highest BCUT2D eigenvalue weighted by Gasteiger charge is 2.35. The molecule has 2 amide bonds. The van der Waals surface area contributed by atoms with E-state index < -0.39 is 12.3 Å². The molecule has 3 heterocycles. The van der Waals surface area contributed by atoms with Crippen molar-refractivity contribution >= 4 is 17.5 Å². The first-order chi connectivity index (χ1) is 16.8. The molecule has 0 saturated carbocycles. The van der Waals surface area contributed by atoms with Crippen LogP contribution in [0, 0.1) is 13.8 Å². The van der Waals surface area contributed by atoms with Crippen molar-refractivity contribution in [2.24, 2.45) is 0 Å². The topological polar surface area (TPSA) is 81.9 Å². The molecule has 2 aromatic rings. The van der Waals surface area contributed by atoms with Crippen molar-refractivity contribution in [2.45, 2.75) is 58.4 Å². The molecule has 0 unspecified atom stereocenters. The summed E-state index contributed by atoms with van der Waals surface area (Å²) in [5, 5.41) is 14.2. The Labute approximate surface area is 205 Å². The number of nitrogens with zero attached hydrogens (tertiary/aromatic N) is 5. The monoisotopic (exact) mass is 483 g/mol. The Hall–Kier alpha value is -2.94.